The molecule has 0 radical (unpaired) electrons. The fraction of sp³-hybridized carbons (Fsp3) is 0.200. The lowest BCUT2D eigenvalue weighted by atomic mass is 10.2. The van der Waals surface area contributed by atoms with Gasteiger partial charge in [0.25, 0.3) is 10.0 Å². The highest BCUT2D eigenvalue weighted by molar-refractivity contribution is 9.10. The van der Waals surface area contributed by atoms with Crippen LogP contribution < -0.4 is 20.7 Å². The Balaban J connectivity index is 1.34. The highest BCUT2D eigenvalue weighted by Crippen LogP contribution is 2.29. The van der Waals surface area contributed by atoms with E-state index >= 15 is 0 Å². The molecule has 4 rings (SSSR count). The summed E-state index contributed by atoms with van der Waals surface area (Å²) in [5, 5.41) is 24.7. The number of benzene rings is 2. The summed E-state index contributed by atoms with van der Waals surface area (Å²) in [5.41, 5.74) is 6.22. The minimum absolute atomic E-state index is 0.0712. The number of amidine groups is 1. The number of sulfonamides is 1. The average Bonchev–Trinajstić information content (AvgIpc) is 3.47. The van der Waals surface area contributed by atoms with Gasteiger partial charge in [0.1, 0.15) is 5.82 Å². The molecule has 2 heterocycles. The van der Waals surface area contributed by atoms with Crippen molar-refractivity contribution in [2.24, 2.45) is 15.9 Å². The number of aliphatic imine (C=N–C) groups is 1. The maximum absolute atomic E-state index is 13.6. The maximum atomic E-state index is 13.6. The lowest BCUT2D eigenvalue weighted by Crippen LogP contribution is -2.37. The second-order valence-corrected chi connectivity index (χ2v) is 9.78. The molecule has 0 saturated carbocycles. The summed E-state index contributed by atoms with van der Waals surface area (Å²) >= 11 is 3.10. The zero-order chi connectivity index (χ0) is 25.7. The van der Waals surface area contributed by atoms with Gasteiger partial charge in [-0.05, 0) is 63.0 Å². The molecular formula is C20H20BrFN8O5S. The van der Waals surface area contributed by atoms with Crippen molar-refractivity contribution >= 4 is 49.3 Å². The lowest BCUT2D eigenvalue weighted by Gasteiger charge is -2.21. The number of aliphatic hydroxyl groups is 1. The first-order valence-electron chi connectivity index (χ1n) is 10.4. The Hall–Kier alpha value is -3.76. The molecule has 36 heavy (non-hydrogen) atoms. The number of nitrogens with two attached hydrogens (primary N) is 1. The van der Waals surface area contributed by atoms with Crippen LogP contribution in [0.1, 0.15) is 12.1 Å². The second kappa shape index (κ2) is 10.9. The summed E-state index contributed by atoms with van der Waals surface area (Å²) < 4.78 is 45.4. The van der Waals surface area contributed by atoms with E-state index in [1.54, 1.807) is 18.2 Å². The van der Waals surface area contributed by atoms with Gasteiger partial charge >= 0.3 is 6.41 Å². The van der Waals surface area contributed by atoms with Crippen molar-refractivity contribution in [2.75, 3.05) is 23.3 Å². The summed E-state index contributed by atoms with van der Waals surface area (Å²) in [7, 11) is -3.82. The topological polar surface area (TPSA) is 181 Å². The molecule has 2 aromatic carbocycles. The minimum Gasteiger partial charge on any atom is -0.369 e. The molecule has 13 nitrogen and oxygen atoms in total. The second-order valence-electron chi connectivity index (χ2n) is 7.24. The van der Waals surface area contributed by atoms with Crippen LogP contribution in [-0.4, -0.2) is 55.1 Å². The molecule has 1 aromatic heterocycles. The van der Waals surface area contributed by atoms with E-state index in [4.69, 9.17) is 15.2 Å². The van der Waals surface area contributed by atoms with E-state index in [0.29, 0.717) is 18.7 Å². The van der Waals surface area contributed by atoms with Crippen LogP contribution in [0.2, 0.25) is 0 Å². The van der Waals surface area contributed by atoms with Gasteiger partial charge in [-0.3, -0.25) is 9.89 Å². The number of halogens is 2. The number of guanidine groups is 1. The standard InChI is InChI=1S/C20H20BrFN8O5S/c21-14-11-12(7-8-15(14)22)30-18(28-34-20(30)31)16-17(27-35-26-16)24-9-4-10-25-19(23)29-36(32,33)13-5-2-1-3-6-13/h1-3,5-8,11,20,31H,4,9-10H2,(H,24,27)(H3,23,25,29). The van der Waals surface area contributed by atoms with Gasteiger partial charge < -0.3 is 21.0 Å². The van der Waals surface area contributed by atoms with E-state index in [1.165, 1.54) is 35.2 Å². The summed E-state index contributed by atoms with van der Waals surface area (Å²) in [5.74, 6) is -0.426. The predicted octanol–water partition coefficient (Wildman–Crippen LogP) is 1.54. The Bertz CT molecular complexity index is 1390. The number of anilines is 2. The zero-order valence-corrected chi connectivity index (χ0v) is 20.8. The van der Waals surface area contributed by atoms with Crippen LogP contribution in [0.15, 0.2) is 72.7 Å². The van der Waals surface area contributed by atoms with Crippen molar-refractivity contribution in [3.63, 3.8) is 0 Å². The van der Waals surface area contributed by atoms with E-state index < -0.39 is 22.3 Å². The smallest absolute Gasteiger partial charge is 0.311 e. The van der Waals surface area contributed by atoms with Gasteiger partial charge in [0.05, 0.1) is 15.1 Å². The first-order valence-corrected chi connectivity index (χ1v) is 12.6. The molecular weight excluding hydrogens is 563 g/mol. The summed E-state index contributed by atoms with van der Waals surface area (Å²) in [6, 6.07) is 11.9. The summed E-state index contributed by atoms with van der Waals surface area (Å²) in [6.07, 6.45) is -1.03. The molecule has 5 N–H and O–H groups in total. The van der Waals surface area contributed by atoms with Crippen molar-refractivity contribution in [2.45, 2.75) is 17.7 Å². The third-order valence-electron chi connectivity index (χ3n) is 4.77. The number of aromatic nitrogens is 2. The predicted molar refractivity (Wildman–Crippen MR) is 131 cm³/mol. The Labute approximate surface area is 213 Å². The van der Waals surface area contributed by atoms with E-state index in [-0.39, 0.29) is 39.2 Å². The molecule has 1 atom stereocenters. The molecule has 0 saturated heterocycles. The highest BCUT2D eigenvalue weighted by atomic mass is 79.9. The van der Waals surface area contributed by atoms with Gasteiger partial charge in [-0.15, -0.1) is 0 Å². The quantitative estimate of drug-likeness (QED) is 0.164. The Morgan fingerprint density at radius 1 is 1.25 bits per heavy atom. The highest BCUT2D eigenvalue weighted by Gasteiger charge is 2.35. The molecule has 190 valence electrons. The third kappa shape index (κ3) is 5.72. The molecule has 1 aliphatic heterocycles. The van der Waals surface area contributed by atoms with Crippen molar-refractivity contribution in [3.8, 4) is 0 Å². The van der Waals surface area contributed by atoms with E-state index in [9.17, 15) is 17.9 Å². The Kier molecular flexibility index (Phi) is 7.66. The summed E-state index contributed by atoms with van der Waals surface area (Å²) in [6.45, 7) is 0.539. The number of nitrogens with one attached hydrogen (secondary N) is 2. The fourth-order valence-electron chi connectivity index (χ4n) is 3.10. The van der Waals surface area contributed by atoms with E-state index in [1.807, 2.05) is 0 Å². The molecule has 0 fully saturated rings. The monoisotopic (exact) mass is 582 g/mol. The number of rotatable bonds is 9. The van der Waals surface area contributed by atoms with Crippen molar-refractivity contribution < 1.29 is 27.4 Å². The molecule has 0 spiro atoms. The normalized spacial score (nSPS) is 16.0. The van der Waals surface area contributed by atoms with Gasteiger partial charge in [-0.1, -0.05) is 23.4 Å². The molecule has 3 aromatic rings. The van der Waals surface area contributed by atoms with Crippen LogP contribution in [0.3, 0.4) is 0 Å². The van der Waals surface area contributed by atoms with Crippen LogP contribution in [0.4, 0.5) is 15.9 Å². The van der Waals surface area contributed by atoms with Crippen LogP contribution in [-0.2, 0) is 14.9 Å². The summed E-state index contributed by atoms with van der Waals surface area (Å²) in [4.78, 5) is 10.3. The number of oxime groups is 1. The molecule has 1 unspecified atom stereocenters. The van der Waals surface area contributed by atoms with Crippen LogP contribution in [0, 0.1) is 5.82 Å². The minimum atomic E-state index is -3.82. The Morgan fingerprint density at radius 2 is 2.03 bits per heavy atom. The van der Waals surface area contributed by atoms with Crippen LogP contribution >= 0.6 is 15.9 Å². The fourth-order valence-corrected chi connectivity index (χ4v) is 4.44. The number of nitrogens with zero attached hydrogens (tertiary/aromatic N) is 5. The van der Waals surface area contributed by atoms with Gasteiger partial charge in [0.2, 0.25) is 17.6 Å². The third-order valence-corrected chi connectivity index (χ3v) is 6.74. The number of hydrogen-bond acceptors (Lipinski definition) is 11. The van der Waals surface area contributed by atoms with E-state index in [2.05, 4.69) is 46.4 Å². The molecule has 1 aliphatic rings. The van der Waals surface area contributed by atoms with Crippen molar-refractivity contribution in [1.82, 2.24) is 15.0 Å². The number of aliphatic hydroxyl groups excluding tert-OH is 1. The first-order chi connectivity index (χ1) is 17.3. The van der Waals surface area contributed by atoms with Crippen molar-refractivity contribution in [3.05, 3.63) is 64.5 Å². The molecule has 0 aliphatic carbocycles. The van der Waals surface area contributed by atoms with Gasteiger partial charge in [0.15, 0.2) is 5.69 Å². The van der Waals surface area contributed by atoms with E-state index in [0.717, 1.165) is 0 Å². The van der Waals surface area contributed by atoms with Crippen LogP contribution in [0.25, 0.3) is 0 Å². The molecule has 16 heteroatoms. The average molecular weight is 583 g/mol. The zero-order valence-electron chi connectivity index (χ0n) is 18.4. The molecule has 0 amide bonds. The maximum Gasteiger partial charge on any atom is 0.311 e. The lowest BCUT2D eigenvalue weighted by molar-refractivity contribution is -0.0746. The van der Waals surface area contributed by atoms with Crippen LogP contribution in [0.5, 0.6) is 0 Å². The van der Waals surface area contributed by atoms with Crippen molar-refractivity contribution in [1.29, 1.82) is 0 Å². The largest absolute Gasteiger partial charge is 0.369 e. The van der Waals surface area contributed by atoms with Gasteiger partial charge in [0, 0.05) is 13.1 Å². The molecule has 0 bridgehead atoms. The first kappa shape index (κ1) is 25.3. The SMILES string of the molecule is NC(=NCCCNc1nonc1C1=NOC(O)N1c1ccc(F)c(Br)c1)NS(=O)(=O)c1ccccc1. The van der Waals surface area contributed by atoms with Gasteiger partial charge in [-0.25, -0.2) is 22.2 Å². The Morgan fingerprint density at radius 3 is 2.78 bits per heavy atom. The van der Waals surface area contributed by atoms with Gasteiger partial charge in [-0.2, -0.15) is 0 Å². The number of hydrogen-bond donors (Lipinski definition) is 4.